The summed E-state index contributed by atoms with van der Waals surface area (Å²) in [5.41, 5.74) is -4.15. The van der Waals surface area contributed by atoms with E-state index in [2.05, 4.69) is 10.1 Å². The molecule has 1 aliphatic rings. The topological polar surface area (TPSA) is 114 Å². The summed E-state index contributed by atoms with van der Waals surface area (Å²) in [7, 11) is 0. The van der Waals surface area contributed by atoms with Crippen LogP contribution in [0.15, 0.2) is 24.3 Å². The van der Waals surface area contributed by atoms with Crippen LogP contribution in [0.2, 0.25) is 0 Å². The summed E-state index contributed by atoms with van der Waals surface area (Å²) in [4.78, 5) is 22.4. The maximum absolute atomic E-state index is 13.5. The molecule has 1 saturated heterocycles. The number of alkyl halides is 3. The van der Waals surface area contributed by atoms with E-state index in [1.165, 1.54) is 19.1 Å². The third kappa shape index (κ3) is 3.55. The van der Waals surface area contributed by atoms with Crippen LogP contribution in [-0.4, -0.2) is 39.6 Å². The average Bonchev–Trinajstić information content (AvgIpc) is 2.53. The molecule has 8 nitrogen and oxygen atoms in total. The van der Waals surface area contributed by atoms with Crippen molar-refractivity contribution >= 4 is 29.0 Å². The molecule has 3 N–H and O–H groups in total. The largest absolute Gasteiger partial charge is 0.466 e. The lowest BCUT2D eigenvalue weighted by atomic mass is 9.82. The van der Waals surface area contributed by atoms with Gasteiger partial charge in [0.15, 0.2) is 5.11 Å². The van der Waals surface area contributed by atoms with Gasteiger partial charge in [0.25, 0.3) is 11.4 Å². The Morgan fingerprint density at radius 1 is 1.50 bits per heavy atom. The molecule has 1 heterocycles. The Morgan fingerprint density at radius 3 is 2.69 bits per heavy atom. The Kier molecular flexibility index (Phi) is 5.37. The zero-order chi connectivity index (χ0) is 19.7. The van der Waals surface area contributed by atoms with Crippen molar-refractivity contribution in [3.05, 3.63) is 39.9 Å². The second kappa shape index (κ2) is 7.03. The number of ether oxygens (including phenoxy) is 1. The molecule has 2 rings (SSSR count). The molecule has 1 aromatic carbocycles. The number of thiocarbonyl (C=S) groups is 1. The van der Waals surface area contributed by atoms with Gasteiger partial charge in [-0.25, -0.2) is 0 Å². The zero-order valence-electron chi connectivity index (χ0n) is 13.2. The van der Waals surface area contributed by atoms with E-state index in [1.807, 2.05) is 0 Å². The summed E-state index contributed by atoms with van der Waals surface area (Å²) in [6.07, 6.45) is -5.28. The van der Waals surface area contributed by atoms with Crippen LogP contribution in [0.4, 0.5) is 18.9 Å². The van der Waals surface area contributed by atoms with Crippen molar-refractivity contribution in [2.24, 2.45) is 5.92 Å². The van der Waals surface area contributed by atoms with E-state index >= 15 is 0 Å². The highest BCUT2D eigenvalue weighted by Gasteiger charge is 2.66. The van der Waals surface area contributed by atoms with Gasteiger partial charge in [-0.3, -0.25) is 14.9 Å². The van der Waals surface area contributed by atoms with E-state index in [-0.39, 0.29) is 12.2 Å². The van der Waals surface area contributed by atoms with Crippen molar-refractivity contribution in [2.45, 2.75) is 24.9 Å². The molecule has 0 bridgehead atoms. The summed E-state index contributed by atoms with van der Waals surface area (Å²) in [5.74, 6) is -3.54. The van der Waals surface area contributed by atoms with Crippen molar-refractivity contribution in [1.29, 1.82) is 0 Å². The molecule has 3 atom stereocenters. The van der Waals surface area contributed by atoms with E-state index in [4.69, 9.17) is 12.2 Å². The maximum Gasteiger partial charge on any atom is 0.437 e. The molecule has 0 spiro atoms. The summed E-state index contributed by atoms with van der Waals surface area (Å²) >= 11 is 4.72. The lowest BCUT2D eigenvalue weighted by Crippen LogP contribution is -2.73. The summed E-state index contributed by atoms with van der Waals surface area (Å²) in [5, 5.41) is 24.7. The average molecular weight is 393 g/mol. The second-order valence-corrected chi connectivity index (χ2v) is 5.83. The van der Waals surface area contributed by atoms with Gasteiger partial charge in [0.2, 0.25) is 0 Å². The number of benzene rings is 1. The van der Waals surface area contributed by atoms with E-state index in [9.17, 15) is 33.2 Å². The van der Waals surface area contributed by atoms with Gasteiger partial charge < -0.3 is 20.5 Å². The molecule has 12 heteroatoms. The predicted molar refractivity (Wildman–Crippen MR) is 85.8 cm³/mol. The van der Waals surface area contributed by atoms with Crippen LogP contribution in [0, 0.1) is 16.0 Å². The van der Waals surface area contributed by atoms with Gasteiger partial charge in [-0.15, -0.1) is 0 Å². The van der Waals surface area contributed by atoms with Crippen LogP contribution in [0.5, 0.6) is 0 Å². The number of carbonyl (C=O) groups is 1. The summed E-state index contributed by atoms with van der Waals surface area (Å²) in [6.45, 7) is 1.16. The highest BCUT2D eigenvalue weighted by atomic mass is 32.1. The number of nitro benzene ring substituents is 1. The van der Waals surface area contributed by atoms with Crippen molar-refractivity contribution in [1.82, 2.24) is 10.6 Å². The van der Waals surface area contributed by atoms with Crippen LogP contribution in [-0.2, 0) is 9.53 Å². The molecule has 0 aromatic heterocycles. The molecular formula is C14H14F3N3O5S. The van der Waals surface area contributed by atoms with Crippen molar-refractivity contribution in [3.63, 3.8) is 0 Å². The number of aliphatic hydroxyl groups is 1. The number of carbonyl (C=O) groups excluding carboxylic acids is 1. The highest BCUT2D eigenvalue weighted by molar-refractivity contribution is 7.80. The first-order valence-electron chi connectivity index (χ1n) is 7.30. The number of nitrogens with one attached hydrogen (secondary N) is 2. The fourth-order valence-corrected chi connectivity index (χ4v) is 2.93. The number of hydrogen-bond acceptors (Lipinski definition) is 6. The molecule has 0 amide bonds. The van der Waals surface area contributed by atoms with Gasteiger partial charge in [-0.05, 0) is 24.7 Å². The van der Waals surface area contributed by atoms with Gasteiger partial charge in [0.05, 0.1) is 17.6 Å². The minimum absolute atomic E-state index is 0.0382. The Labute approximate surface area is 150 Å². The smallest absolute Gasteiger partial charge is 0.437 e. The zero-order valence-corrected chi connectivity index (χ0v) is 14.1. The predicted octanol–water partition coefficient (Wildman–Crippen LogP) is 1.54. The summed E-state index contributed by atoms with van der Waals surface area (Å²) in [6, 6.07) is 3.15. The Bertz CT molecular complexity index is 745. The third-order valence-electron chi connectivity index (χ3n) is 3.79. The molecule has 0 radical (unpaired) electrons. The fraction of sp³-hybridized carbons (Fsp3) is 0.429. The van der Waals surface area contributed by atoms with Crippen molar-refractivity contribution in [3.8, 4) is 0 Å². The van der Waals surface area contributed by atoms with E-state index in [1.54, 1.807) is 5.32 Å². The third-order valence-corrected chi connectivity index (χ3v) is 4.01. The number of esters is 1. The minimum Gasteiger partial charge on any atom is -0.466 e. The minimum atomic E-state index is -5.28. The molecule has 0 aliphatic carbocycles. The SMILES string of the molecule is CCOC(=O)[C@@H]1[C@@H](c2cccc([N+](=O)[O-])c2)NC(=S)N[C@]1(O)C(F)(F)F. The first-order chi connectivity index (χ1) is 12.0. The van der Waals surface area contributed by atoms with Gasteiger partial charge >= 0.3 is 12.1 Å². The highest BCUT2D eigenvalue weighted by Crippen LogP contribution is 2.43. The molecule has 26 heavy (non-hydrogen) atoms. The quantitative estimate of drug-likeness (QED) is 0.306. The molecule has 1 aliphatic heterocycles. The number of non-ortho nitro benzene ring substituents is 1. The fourth-order valence-electron chi connectivity index (χ4n) is 2.65. The van der Waals surface area contributed by atoms with E-state index in [0.717, 1.165) is 12.1 Å². The Balaban J connectivity index is 2.60. The standard InChI is InChI=1S/C14H14F3N3O5S/c1-2-25-11(21)9-10(7-4-3-5-8(6-7)20(23)24)18-12(26)19-13(9,22)14(15,16)17/h3-6,9-10,22H,2H2,1H3,(H2,18,19,26)/t9-,10+,13+/m0/s1. The molecule has 0 saturated carbocycles. The van der Waals surface area contributed by atoms with Crippen LogP contribution < -0.4 is 10.6 Å². The number of hydrogen-bond donors (Lipinski definition) is 3. The molecule has 142 valence electrons. The Morgan fingerprint density at radius 2 is 2.15 bits per heavy atom. The first-order valence-corrected chi connectivity index (χ1v) is 7.71. The monoisotopic (exact) mass is 393 g/mol. The molecule has 1 fully saturated rings. The molecular weight excluding hydrogens is 379 g/mol. The van der Waals surface area contributed by atoms with Crippen LogP contribution in [0.25, 0.3) is 0 Å². The van der Waals surface area contributed by atoms with Crippen molar-refractivity contribution in [2.75, 3.05) is 6.61 Å². The normalized spacial score (nSPS) is 25.8. The van der Waals surface area contributed by atoms with Crippen LogP contribution in [0.3, 0.4) is 0 Å². The summed E-state index contributed by atoms with van der Waals surface area (Å²) < 4.78 is 45.3. The number of nitrogens with zero attached hydrogens (tertiary/aromatic N) is 1. The van der Waals surface area contributed by atoms with Crippen molar-refractivity contribution < 1.29 is 32.7 Å². The molecule has 1 aromatic rings. The number of halogens is 3. The lowest BCUT2D eigenvalue weighted by Gasteiger charge is -2.45. The van der Waals surface area contributed by atoms with Gasteiger partial charge in [0.1, 0.15) is 5.92 Å². The maximum atomic E-state index is 13.5. The van der Waals surface area contributed by atoms with Gasteiger partial charge in [0, 0.05) is 12.1 Å². The van der Waals surface area contributed by atoms with E-state index < -0.39 is 45.6 Å². The first kappa shape index (κ1) is 19.8. The molecule has 0 unspecified atom stereocenters. The lowest BCUT2D eigenvalue weighted by molar-refractivity contribution is -0.385. The van der Waals surface area contributed by atoms with Gasteiger partial charge in [-0.1, -0.05) is 12.1 Å². The number of rotatable bonds is 4. The second-order valence-electron chi connectivity index (χ2n) is 5.42. The Hall–Kier alpha value is -2.47. The van der Waals surface area contributed by atoms with Gasteiger partial charge in [-0.2, -0.15) is 13.2 Å². The van der Waals surface area contributed by atoms with Crippen LogP contribution >= 0.6 is 12.2 Å². The number of nitro groups is 1. The van der Waals surface area contributed by atoms with Crippen LogP contribution in [0.1, 0.15) is 18.5 Å². The van der Waals surface area contributed by atoms with E-state index in [0.29, 0.717) is 0 Å².